The fraction of sp³-hybridized carbons (Fsp3) is 0.250. The first kappa shape index (κ1) is 18.4. The van der Waals surface area contributed by atoms with Gasteiger partial charge in [0.25, 0.3) is 5.91 Å². The van der Waals surface area contributed by atoms with Crippen molar-refractivity contribution in [1.82, 2.24) is 20.7 Å². The second-order valence-electron chi connectivity index (χ2n) is 5.13. The van der Waals surface area contributed by atoms with E-state index < -0.39 is 11.9 Å². The second-order valence-corrected chi connectivity index (χ2v) is 5.54. The van der Waals surface area contributed by atoms with Crippen LogP contribution in [-0.2, 0) is 25.7 Å². The van der Waals surface area contributed by atoms with Crippen molar-refractivity contribution < 1.29 is 19.1 Å². The lowest BCUT2D eigenvalue weighted by molar-refractivity contribution is -0.142. The molecule has 2 amide bonds. The minimum atomic E-state index is -0.485. The van der Waals surface area contributed by atoms with Gasteiger partial charge < -0.3 is 14.6 Å². The number of hydrogen-bond donors (Lipinski definition) is 3. The highest BCUT2D eigenvalue weighted by molar-refractivity contribution is 7.80. The Morgan fingerprint density at radius 1 is 1.08 bits per heavy atom. The molecule has 0 fully saturated rings. The van der Waals surface area contributed by atoms with Crippen molar-refractivity contribution in [3.05, 3.63) is 36.5 Å². The van der Waals surface area contributed by atoms with E-state index in [2.05, 4.69) is 20.9 Å². The summed E-state index contributed by atoms with van der Waals surface area (Å²) in [5, 5.41) is 3.34. The number of methoxy groups -OCH3 is 1. The molecular weight excluding hydrogens is 344 g/mol. The van der Waals surface area contributed by atoms with Crippen LogP contribution in [0.2, 0.25) is 0 Å². The molecule has 0 atom stereocenters. The van der Waals surface area contributed by atoms with Gasteiger partial charge in [-0.05, 0) is 29.7 Å². The van der Waals surface area contributed by atoms with Gasteiger partial charge in [-0.3, -0.25) is 25.2 Å². The number of para-hydroxylation sites is 1. The minimum absolute atomic E-state index is 0.0436. The lowest BCUT2D eigenvalue weighted by Crippen LogP contribution is -2.49. The third-order valence-corrected chi connectivity index (χ3v) is 3.55. The van der Waals surface area contributed by atoms with Crippen molar-refractivity contribution >= 4 is 46.0 Å². The molecule has 0 saturated heterocycles. The Labute approximate surface area is 149 Å². The molecule has 0 saturated carbocycles. The molecule has 132 valence electrons. The van der Waals surface area contributed by atoms with Gasteiger partial charge in [-0.25, -0.2) is 0 Å². The van der Waals surface area contributed by atoms with Gasteiger partial charge in [-0.1, -0.05) is 18.2 Å². The van der Waals surface area contributed by atoms with Gasteiger partial charge in [0, 0.05) is 18.1 Å². The van der Waals surface area contributed by atoms with Crippen molar-refractivity contribution in [2.45, 2.75) is 19.4 Å². The van der Waals surface area contributed by atoms with E-state index in [4.69, 9.17) is 12.2 Å². The first-order valence-corrected chi connectivity index (χ1v) is 7.90. The molecule has 0 aliphatic rings. The number of esters is 1. The van der Waals surface area contributed by atoms with E-state index in [1.54, 1.807) is 4.57 Å². The third-order valence-electron chi connectivity index (χ3n) is 3.35. The molecular formula is C16H18N4O4S. The van der Waals surface area contributed by atoms with Crippen LogP contribution in [0.5, 0.6) is 0 Å². The Morgan fingerprint density at radius 3 is 2.60 bits per heavy atom. The number of ether oxygens (including phenoxy) is 1. The van der Waals surface area contributed by atoms with Crippen LogP contribution >= 0.6 is 12.2 Å². The first-order chi connectivity index (χ1) is 12.0. The summed E-state index contributed by atoms with van der Waals surface area (Å²) in [4.78, 5) is 34.5. The molecule has 0 aliphatic carbocycles. The quantitative estimate of drug-likeness (QED) is 0.409. The molecule has 0 aliphatic heterocycles. The van der Waals surface area contributed by atoms with Gasteiger partial charge in [0.05, 0.1) is 13.5 Å². The SMILES string of the molecule is COC(=O)CCC(=O)NC(=S)NNC(=O)Cn1ccc2ccccc21. The highest BCUT2D eigenvalue weighted by Gasteiger charge is 2.10. The summed E-state index contributed by atoms with van der Waals surface area (Å²) < 4.78 is 6.23. The minimum Gasteiger partial charge on any atom is -0.469 e. The molecule has 2 rings (SSSR count). The molecule has 0 spiro atoms. The summed E-state index contributed by atoms with van der Waals surface area (Å²) in [5.41, 5.74) is 5.80. The van der Waals surface area contributed by atoms with E-state index in [1.165, 1.54) is 7.11 Å². The smallest absolute Gasteiger partial charge is 0.306 e. The molecule has 9 heteroatoms. The normalized spacial score (nSPS) is 10.1. The number of nitrogens with one attached hydrogen (secondary N) is 3. The summed E-state index contributed by atoms with van der Waals surface area (Å²) in [6.07, 6.45) is 1.72. The maximum Gasteiger partial charge on any atom is 0.306 e. The molecule has 0 unspecified atom stereocenters. The molecule has 1 heterocycles. The number of carbonyl (C=O) groups excluding carboxylic acids is 3. The summed E-state index contributed by atoms with van der Waals surface area (Å²) >= 11 is 4.90. The van der Waals surface area contributed by atoms with E-state index in [9.17, 15) is 14.4 Å². The number of hydrogen-bond acceptors (Lipinski definition) is 5. The number of nitrogens with zero attached hydrogens (tertiary/aromatic N) is 1. The zero-order valence-corrected chi connectivity index (χ0v) is 14.4. The van der Waals surface area contributed by atoms with E-state index in [0.717, 1.165) is 10.9 Å². The maximum absolute atomic E-state index is 12.0. The number of thiocarbonyl (C=S) groups is 1. The molecule has 0 bridgehead atoms. The fourth-order valence-corrected chi connectivity index (χ4v) is 2.30. The molecule has 1 aromatic heterocycles. The Kier molecular flexibility index (Phi) is 6.47. The fourth-order valence-electron chi connectivity index (χ4n) is 2.14. The van der Waals surface area contributed by atoms with E-state index in [-0.39, 0.29) is 30.4 Å². The number of carbonyl (C=O) groups is 3. The van der Waals surface area contributed by atoms with Crippen molar-refractivity contribution in [3.8, 4) is 0 Å². The number of hydrazine groups is 1. The number of amides is 2. The van der Waals surface area contributed by atoms with Gasteiger partial charge in [0.2, 0.25) is 5.91 Å². The third kappa shape index (κ3) is 5.57. The first-order valence-electron chi connectivity index (χ1n) is 7.49. The zero-order chi connectivity index (χ0) is 18.2. The van der Waals surface area contributed by atoms with Crippen molar-refractivity contribution in [3.63, 3.8) is 0 Å². The molecule has 0 radical (unpaired) electrons. The van der Waals surface area contributed by atoms with Crippen molar-refractivity contribution in [2.24, 2.45) is 0 Å². The number of fused-ring (bicyclic) bond motifs is 1. The summed E-state index contributed by atoms with van der Waals surface area (Å²) in [7, 11) is 1.25. The van der Waals surface area contributed by atoms with E-state index in [0.29, 0.717) is 0 Å². The van der Waals surface area contributed by atoms with Gasteiger partial charge >= 0.3 is 5.97 Å². The summed E-state index contributed by atoms with van der Waals surface area (Å²) in [6.45, 7) is 0.0966. The topological polar surface area (TPSA) is 101 Å². The van der Waals surface area contributed by atoms with Gasteiger partial charge in [0.1, 0.15) is 6.54 Å². The van der Waals surface area contributed by atoms with Crippen LogP contribution in [0, 0.1) is 0 Å². The van der Waals surface area contributed by atoms with Crippen LogP contribution in [0.3, 0.4) is 0 Å². The van der Waals surface area contributed by atoms with Crippen LogP contribution in [0.15, 0.2) is 36.5 Å². The largest absolute Gasteiger partial charge is 0.469 e. The Bertz CT molecular complexity index is 802. The number of aromatic nitrogens is 1. The molecule has 8 nitrogen and oxygen atoms in total. The van der Waals surface area contributed by atoms with Crippen molar-refractivity contribution in [2.75, 3.05) is 7.11 Å². The molecule has 25 heavy (non-hydrogen) atoms. The van der Waals surface area contributed by atoms with Crippen LogP contribution in [0.1, 0.15) is 12.8 Å². The molecule has 1 aromatic carbocycles. The average Bonchev–Trinajstić information content (AvgIpc) is 3.01. The zero-order valence-electron chi connectivity index (χ0n) is 13.6. The van der Waals surface area contributed by atoms with Gasteiger partial charge in [0.15, 0.2) is 5.11 Å². The predicted molar refractivity (Wildman–Crippen MR) is 95.2 cm³/mol. The standard InChI is InChI=1S/C16H18N4O4S/c1-24-15(23)7-6-13(21)17-16(25)19-18-14(22)10-20-9-8-11-4-2-3-5-12(11)20/h2-5,8-9H,6-7,10H2,1H3,(H,18,22)(H2,17,19,21,25). The van der Waals surface area contributed by atoms with Crippen molar-refractivity contribution in [1.29, 1.82) is 0 Å². The highest BCUT2D eigenvalue weighted by atomic mass is 32.1. The van der Waals surface area contributed by atoms with Crippen LogP contribution in [0.4, 0.5) is 0 Å². The lowest BCUT2D eigenvalue weighted by Gasteiger charge is -2.11. The van der Waals surface area contributed by atoms with Crippen LogP contribution in [0.25, 0.3) is 10.9 Å². The van der Waals surface area contributed by atoms with Gasteiger partial charge in [-0.15, -0.1) is 0 Å². The average molecular weight is 362 g/mol. The lowest BCUT2D eigenvalue weighted by atomic mass is 10.2. The predicted octanol–water partition coefficient (Wildman–Crippen LogP) is 0.616. The highest BCUT2D eigenvalue weighted by Crippen LogP contribution is 2.14. The Hall–Kier alpha value is -2.94. The molecule has 3 N–H and O–H groups in total. The monoisotopic (exact) mass is 362 g/mol. The second kappa shape index (κ2) is 8.78. The summed E-state index contributed by atoms with van der Waals surface area (Å²) in [5.74, 6) is -1.26. The van der Waals surface area contributed by atoms with E-state index in [1.807, 2.05) is 36.5 Å². The Morgan fingerprint density at radius 2 is 1.84 bits per heavy atom. The number of benzene rings is 1. The Balaban J connectivity index is 1.75. The van der Waals surface area contributed by atoms with E-state index >= 15 is 0 Å². The van der Waals surface area contributed by atoms with Crippen LogP contribution in [-0.4, -0.2) is 34.6 Å². The summed E-state index contributed by atoms with van der Waals surface area (Å²) in [6, 6.07) is 9.62. The van der Waals surface area contributed by atoms with Crippen LogP contribution < -0.4 is 16.2 Å². The maximum atomic E-state index is 12.0. The molecule has 2 aromatic rings. The van der Waals surface area contributed by atoms with Gasteiger partial charge in [-0.2, -0.15) is 0 Å². The number of rotatable bonds is 5.